The number of fused-ring (bicyclic) bond motifs is 1. The summed E-state index contributed by atoms with van der Waals surface area (Å²) in [5, 5.41) is 3.20. The number of nitrogens with zero attached hydrogens (tertiary/aromatic N) is 2. The topological polar surface area (TPSA) is 35.6 Å². The molecule has 3 aliphatic rings. The second kappa shape index (κ2) is 9.41. The molecule has 2 saturated heterocycles. The van der Waals surface area contributed by atoms with Crippen LogP contribution in [-0.2, 0) is 17.6 Å². The highest BCUT2D eigenvalue weighted by Gasteiger charge is 2.30. The van der Waals surface area contributed by atoms with Crippen LogP contribution in [0, 0.1) is 5.92 Å². The minimum atomic E-state index is 0.261. The fraction of sp³-hybridized carbons (Fsp3) is 0.708. The first-order valence-electron chi connectivity index (χ1n) is 11.5. The number of benzene rings is 1. The van der Waals surface area contributed by atoms with Gasteiger partial charge in [-0.25, -0.2) is 0 Å². The molecule has 0 spiro atoms. The highest BCUT2D eigenvalue weighted by atomic mass is 16.1. The molecule has 1 N–H and O–H groups in total. The van der Waals surface area contributed by atoms with E-state index in [4.69, 9.17) is 0 Å². The van der Waals surface area contributed by atoms with E-state index in [0.717, 1.165) is 25.4 Å². The molecule has 0 radical (unpaired) electrons. The van der Waals surface area contributed by atoms with E-state index in [0.29, 0.717) is 18.5 Å². The summed E-state index contributed by atoms with van der Waals surface area (Å²) >= 11 is 0. The average molecular weight is 384 g/mol. The van der Waals surface area contributed by atoms with Gasteiger partial charge in [0.2, 0.25) is 5.91 Å². The van der Waals surface area contributed by atoms with E-state index < -0.39 is 0 Å². The van der Waals surface area contributed by atoms with Gasteiger partial charge in [-0.1, -0.05) is 31.2 Å². The van der Waals surface area contributed by atoms with Gasteiger partial charge in [0.25, 0.3) is 0 Å². The molecule has 1 aliphatic carbocycles. The largest absolute Gasteiger partial charge is 0.355 e. The van der Waals surface area contributed by atoms with Crippen molar-refractivity contribution >= 4 is 5.91 Å². The number of hydrogen-bond donors (Lipinski definition) is 1. The van der Waals surface area contributed by atoms with Gasteiger partial charge in [0.05, 0.1) is 0 Å². The van der Waals surface area contributed by atoms with Crippen molar-refractivity contribution in [2.45, 2.75) is 70.4 Å². The summed E-state index contributed by atoms with van der Waals surface area (Å²) in [6.45, 7) is 7.77. The van der Waals surface area contributed by atoms with Gasteiger partial charge in [-0.15, -0.1) is 0 Å². The standard InChI is InChI=1S/C24H37N3O/c1-2-26-13-5-8-22(26)18-25-24(28)10-9-19-11-14-27(15-12-19)23-16-20-6-3-4-7-21(20)17-23/h3-4,6-7,19,22-23H,2,5,8-18H2,1H3,(H,25,28). The molecule has 1 amide bonds. The summed E-state index contributed by atoms with van der Waals surface area (Å²) in [6.07, 6.45) is 9.23. The molecule has 0 saturated carbocycles. The van der Waals surface area contributed by atoms with Gasteiger partial charge in [0, 0.05) is 25.0 Å². The lowest BCUT2D eigenvalue weighted by atomic mass is 9.91. The van der Waals surface area contributed by atoms with Crippen LogP contribution >= 0.6 is 0 Å². The Kier molecular flexibility index (Phi) is 6.69. The maximum Gasteiger partial charge on any atom is 0.220 e. The maximum atomic E-state index is 12.3. The molecular weight excluding hydrogens is 346 g/mol. The fourth-order valence-corrected chi connectivity index (χ4v) is 5.60. The molecule has 4 rings (SSSR count). The zero-order valence-corrected chi connectivity index (χ0v) is 17.5. The normalized spacial score (nSPS) is 24.5. The summed E-state index contributed by atoms with van der Waals surface area (Å²) in [6, 6.07) is 10.2. The van der Waals surface area contributed by atoms with Crippen molar-refractivity contribution in [3.05, 3.63) is 35.4 Å². The molecule has 2 heterocycles. The van der Waals surface area contributed by atoms with Crippen molar-refractivity contribution < 1.29 is 4.79 Å². The second-order valence-electron chi connectivity index (χ2n) is 9.08. The molecule has 1 aromatic rings. The number of carbonyl (C=O) groups excluding carboxylic acids is 1. The van der Waals surface area contributed by atoms with E-state index in [2.05, 4.69) is 46.3 Å². The first kappa shape index (κ1) is 19.9. The predicted octanol–water partition coefficient (Wildman–Crippen LogP) is 3.25. The molecule has 4 nitrogen and oxygen atoms in total. The Morgan fingerprint density at radius 3 is 2.46 bits per heavy atom. The first-order chi connectivity index (χ1) is 13.7. The molecule has 2 aliphatic heterocycles. The highest BCUT2D eigenvalue weighted by molar-refractivity contribution is 5.75. The molecule has 0 aromatic heterocycles. The van der Waals surface area contributed by atoms with E-state index >= 15 is 0 Å². The lowest BCUT2D eigenvalue weighted by Gasteiger charge is -2.36. The van der Waals surface area contributed by atoms with Crippen LogP contribution in [0.5, 0.6) is 0 Å². The van der Waals surface area contributed by atoms with Crippen molar-refractivity contribution in [1.29, 1.82) is 0 Å². The third kappa shape index (κ3) is 4.77. The Balaban J connectivity index is 1.13. The zero-order valence-electron chi connectivity index (χ0n) is 17.5. The zero-order chi connectivity index (χ0) is 19.3. The minimum Gasteiger partial charge on any atom is -0.355 e. The van der Waals surface area contributed by atoms with E-state index in [1.807, 2.05) is 0 Å². The maximum absolute atomic E-state index is 12.3. The molecule has 1 unspecified atom stereocenters. The highest BCUT2D eigenvalue weighted by Crippen LogP contribution is 2.30. The number of rotatable bonds is 7. The molecular formula is C24H37N3O. The number of nitrogens with one attached hydrogen (secondary N) is 1. The lowest BCUT2D eigenvalue weighted by Crippen LogP contribution is -2.42. The Bertz CT molecular complexity index is 628. The quantitative estimate of drug-likeness (QED) is 0.785. The number of amides is 1. The van der Waals surface area contributed by atoms with Crippen molar-refractivity contribution in [1.82, 2.24) is 15.1 Å². The van der Waals surface area contributed by atoms with Crippen molar-refractivity contribution in [3.8, 4) is 0 Å². The second-order valence-corrected chi connectivity index (χ2v) is 9.08. The third-order valence-electron chi connectivity index (χ3n) is 7.41. The number of likely N-dealkylation sites (N-methyl/N-ethyl adjacent to an activating group) is 1. The smallest absolute Gasteiger partial charge is 0.220 e. The van der Waals surface area contributed by atoms with E-state index in [1.165, 1.54) is 58.2 Å². The third-order valence-corrected chi connectivity index (χ3v) is 7.41. The number of piperidine rings is 1. The van der Waals surface area contributed by atoms with Crippen LogP contribution in [0.25, 0.3) is 0 Å². The first-order valence-corrected chi connectivity index (χ1v) is 11.5. The van der Waals surface area contributed by atoms with Gasteiger partial charge in [-0.3, -0.25) is 14.6 Å². The minimum absolute atomic E-state index is 0.261. The molecule has 2 fully saturated rings. The van der Waals surface area contributed by atoms with Gasteiger partial charge in [-0.05, 0) is 88.2 Å². The van der Waals surface area contributed by atoms with E-state index in [9.17, 15) is 4.79 Å². The van der Waals surface area contributed by atoms with Gasteiger partial charge < -0.3 is 5.32 Å². The van der Waals surface area contributed by atoms with Crippen LogP contribution in [0.15, 0.2) is 24.3 Å². The summed E-state index contributed by atoms with van der Waals surface area (Å²) in [7, 11) is 0. The summed E-state index contributed by atoms with van der Waals surface area (Å²) < 4.78 is 0. The number of likely N-dealkylation sites (tertiary alicyclic amines) is 2. The van der Waals surface area contributed by atoms with Crippen LogP contribution in [0.2, 0.25) is 0 Å². The monoisotopic (exact) mass is 383 g/mol. The summed E-state index contributed by atoms with van der Waals surface area (Å²) in [5.41, 5.74) is 3.10. The van der Waals surface area contributed by atoms with Gasteiger partial charge in [0.1, 0.15) is 0 Å². The Morgan fingerprint density at radius 1 is 1.07 bits per heavy atom. The summed E-state index contributed by atoms with van der Waals surface area (Å²) in [4.78, 5) is 17.5. The number of carbonyl (C=O) groups is 1. The van der Waals surface area contributed by atoms with Crippen molar-refractivity contribution in [2.75, 3.05) is 32.7 Å². The number of hydrogen-bond acceptors (Lipinski definition) is 3. The summed E-state index contributed by atoms with van der Waals surface area (Å²) in [5.74, 6) is 0.987. The van der Waals surface area contributed by atoms with Crippen LogP contribution in [0.3, 0.4) is 0 Å². The lowest BCUT2D eigenvalue weighted by molar-refractivity contribution is -0.121. The van der Waals surface area contributed by atoms with Crippen LogP contribution in [0.4, 0.5) is 0 Å². The van der Waals surface area contributed by atoms with Gasteiger partial charge in [-0.2, -0.15) is 0 Å². The molecule has 28 heavy (non-hydrogen) atoms. The Labute approximate surface area is 170 Å². The molecule has 0 bridgehead atoms. The van der Waals surface area contributed by atoms with Gasteiger partial charge >= 0.3 is 0 Å². The molecule has 4 heteroatoms. The van der Waals surface area contributed by atoms with Crippen LogP contribution < -0.4 is 5.32 Å². The van der Waals surface area contributed by atoms with Gasteiger partial charge in [0.15, 0.2) is 0 Å². The molecule has 154 valence electrons. The predicted molar refractivity (Wildman–Crippen MR) is 114 cm³/mol. The van der Waals surface area contributed by atoms with E-state index in [-0.39, 0.29) is 5.91 Å². The average Bonchev–Trinajstić information content (AvgIpc) is 3.37. The Hall–Kier alpha value is -1.39. The van der Waals surface area contributed by atoms with Crippen LogP contribution in [-0.4, -0.2) is 60.5 Å². The fourth-order valence-electron chi connectivity index (χ4n) is 5.60. The van der Waals surface area contributed by atoms with Crippen molar-refractivity contribution in [3.63, 3.8) is 0 Å². The van der Waals surface area contributed by atoms with Crippen LogP contribution in [0.1, 0.15) is 56.6 Å². The SMILES string of the molecule is CCN1CCCC1CNC(=O)CCC1CCN(C2Cc3ccccc3C2)CC1. The Morgan fingerprint density at radius 2 is 1.79 bits per heavy atom. The molecule has 1 aromatic carbocycles. The van der Waals surface area contributed by atoms with Crippen molar-refractivity contribution in [2.24, 2.45) is 5.92 Å². The molecule has 1 atom stereocenters. The van der Waals surface area contributed by atoms with E-state index in [1.54, 1.807) is 11.1 Å².